The summed E-state index contributed by atoms with van der Waals surface area (Å²) in [5, 5.41) is 3.46. The summed E-state index contributed by atoms with van der Waals surface area (Å²) in [6, 6.07) is 13.6. The summed E-state index contributed by atoms with van der Waals surface area (Å²) in [7, 11) is -3.48. The van der Waals surface area contributed by atoms with Gasteiger partial charge >= 0.3 is 0 Å². The van der Waals surface area contributed by atoms with E-state index in [2.05, 4.69) is 5.32 Å². The molecule has 1 amide bonds. The van der Waals surface area contributed by atoms with Gasteiger partial charge in [0.1, 0.15) is 0 Å². The Bertz CT molecular complexity index is 936. The number of nitrogens with one attached hydrogen (secondary N) is 1. The first-order valence-corrected chi connectivity index (χ1v) is 10.9. The topological polar surface area (TPSA) is 66.5 Å². The van der Waals surface area contributed by atoms with E-state index in [1.54, 1.807) is 50.3 Å². The quantitative estimate of drug-likeness (QED) is 0.649. The summed E-state index contributed by atoms with van der Waals surface area (Å²) in [5.74, 6) is -0.257. The number of amides is 1. The average molecular weight is 421 g/mol. The van der Waals surface area contributed by atoms with Gasteiger partial charge in [-0.1, -0.05) is 55.8 Å². The predicted molar refractivity (Wildman–Crippen MR) is 114 cm³/mol. The molecule has 0 heterocycles. The molecule has 2 rings (SSSR count). The van der Waals surface area contributed by atoms with Crippen LogP contribution in [0, 0.1) is 0 Å². The molecule has 0 spiro atoms. The van der Waals surface area contributed by atoms with E-state index in [1.807, 2.05) is 25.1 Å². The largest absolute Gasteiger partial charge is 0.346 e. The van der Waals surface area contributed by atoms with Crippen molar-refractivity contribution in [2.45, 2.75) is 31.7 Å². The van der Waals surface area contributed by atoms with Crippen LogP contribution in [-0.2, 0) is 14.8 Å². The van der Waals surface area contributed by atoms with Crippen molar-refractivity contribution in [3.05, 3.63) is 70.8 Å². The highest BCUT2D eigenvalue weighted by Gasteiger charge is 2.20. The Balaban J connectivity index is 2.04. The first kappa shape index (κ1) is 22.1. The lowest BCUT2D eigenvalue weighted by Crippen LogP contribution is -2.30. The molecular weight excluding hydrogens is 396 g/mol. The molecule has 7 heteroatoms. The zero-order valence-electron chi connectivity index (χ0n) is 16.2. The van der Waals surface area contributed by atoms with Crippen molar-refractivity contribution in [3.8, 4) is 0 Å². The number of hydrogen-bond acceptors (Lipinski definition) is 3. The molecule has 2 aromatic rings. The molecule has 0 aliphatic rings. The minimum Gasteiger partial charge on any atom is -0.346 e. The van der Waals surface area contributed by atoms with Gasteiger partial charge in [0.2, 0.25) is 15.9 Å². The SMILES string of the molecule is CCN(CC)S(=O)(=O)c1ccc(/C=C/C(=O)NC(C)c2ccccc2Cl)cc1. The van der Waals surface area contributed by atoms with Gasteiger partial charge in [-0.15, -0.1) is 0 Å². The maximum absolute atomic E-state index is 12.5. The van der Waals surface area contributed by atoms with Gasteiger partial charge in [-0.3, -0.25) is 4.79 Å². The van der Waals surface area contributed by atoms with Crippen molar-refractivity contribution in [3.63, 3.8) is 0 Å². The standard InChI is InChI=1S/C21H25ClN2O3S/c1-4-24(5-2)28(26,27)18-13-10-17(11-14-18)12-15-21(25)23-16(3)19-8-6-7-9-20(19)22/h6-16H,4-5H2,1-3H3,(H,23,25)/b15-12+. The van der Waals surface area contributed by atoms with Crippen molar-refractivity contribution < 1.29 is 13.2 Å². The summed E-state index contributed by atoms with van der Waals surface area (Å²) in [5.41, 5.74) is 1.58. The molecule has 0 bridgehead atoms. The third-order valence-corrected chi connectivity index (χ3v) is 6.79. The second kappa shape index (κ2) is 9.87. The molecule has 150 valence electrons. The van der Waals surface area contributed by atoms with Crippen LogP contribution < -0.4 is 5.32 Å². The number of benzene rings is 2. The number of carbonyl (C=O) groups is 1. The number of carbonyl (C=O) groups excluding carboxylic acids is 1. The third kappa shape index (κ3) is 5.44. The summed E-state index contributed by atoms with van der Waals surface area (Å²) in [6.07, 6.45) is 3.06. The van der Waals surface area contributed by atoms with Crippen molar-refractivity contribution in [1.82, 2.24) is 9.62 Å². The lowest BCUT2D eigenvalue weighted by molar-refractivity contribution is -0.117. The fourth-order valence-corrected chi connectivity index (χ4v) is 4.56. The smallest absolute Gasteiger partial charge is 0.244 e. The van der Waals surface area contributed by atoms with Crippen LogP contribution in [0.3, 0.4) is 0 Å². The van der Waals surface area contributed by atoms with Crippen LogP contribution in [0.2, 0.25) is 5.02 Å². The number of rotatable bonds is 8. The Labute approximate surface area is 172 Å². The van der Waals surface area contributed by atoms with Crippen LogP contribution >= 0.6 is 11.6 Å². The molecule has 2 aromatic carbocycles. The highest BCUT2D eigenvalue weighted by atomic mass is 35.5. The number of sulfonamides is 1. The summed E-state index contributed by atoms with van der Waals surface area (Å²) in [4.78, 5) is 12.4. The van der Waals surface area contributed by atoms with Gasteiger partial charge < -0.3 is 5.32 Å². The van der Waals surface area contributed by atoms with Gasteiger partial charge in [0.05, 0.1) is 10.9 Å². The Morgan fingerprint density at radius 2 is 1.71 bits per heavy atom. The second-order valence-corrected chi connectivity index (χ2v) is 8.59. The maximum atomic E-state index is 12.5. The number of nitrogens with zero attached hydrogens (tertiary/aromatic N) is 1. The van der Waals surface area contributed by atoms with Gasteiger partial charge in [-0.25, -0.2) is 8.42 Å². The Morgan fingerprint density at radius 3 is 2.29 bits per heavy atom. The van der Waals surface area contributed by atoms with E-state index < -0.39 is 10.0 Å². The number of halogens is 1. The molecule has 1 unspecified atom stereocenters. The van der Waals surface area contributed by atoms with Crippen LogP contribution in [0.1, 0.15) is 37.9 Å². The minimum atomic E-state index is -3.48. The van der Waals surface area contributed by atoms with Crippen molar-refractivity contribution in [1.29, 1.82) is 0 Å². The van der Waals surface area contributed by atoms with E-state index in [0.717, 1.165) is 11.1 Å². The van der Waals surface area contributed by atoms with Crippen LogP contribution in [-0.4, -0.2) is 31.7 Å². The molecule has 28 heavy (non-hydrogen) atoms. The Kier molecular flexibility index (Phi) is 7.80. The molecule has 1 atom stereocenters. The summed E-state index contributed by atoms with van der Waals surface area (Å²) in [6.45, 7) is 6.31. The molecule has 0 saturated carbocycles. The van der Waals surface area contributed by atoms with E-state index in [-0.39, 0.29) is 16.8 Å². The van der Waals surface area contributed by atoms with E-state index >= 15 is 0 Å². The first-order chi connectivity index (χ1) is 13.3. The molecule has 0 aromatic heterocycles. The summed E-state index contributed by atoms with van der Waals surface area (Å²) >= 11 is 6.15. The zero-order chi connectivity index (χ0) is 20.7. The maximum Gasteiger partial charge on any atom is 0.244 e. The molecule has 0 aliphatic heterocycles. The van der Waals surface area contributed by atoms with Gasteiger partial charge in [-0.2, -0.15) is 4.31 Å². The lowest BCUT2D eigenvalue weighted by atomic mass is 10.1. The molecule has 0 radical (unpaired) electrons. The zero-order valence-corrected chi connectivity index (χ0v) is 17.8. The fraction of sp³-hybridized carbons (Fsp3) is 0.286. The Hall–Kier alpha value is -2.15. The lowest BCUT2D eigenvalue weighted by Gasteiger charge is -2.18. The van der Waals surface area contributed by atoms with Crippen LogP contribution in [0.25, 0.3) is 6.08 Å². The number of hydrogen-bond donors (Lipinski definition) is 1. The molecule has 0 fully saturated rings. The molecule has 5 nitrogen and oxygen atoms in total. The van der Waals surface area contributed by atoms with Crippen LogP contribution in [0.5, 0.6) is 0 Å². The van der Waals surface area contributed by atoms with Gasteiger partial charge in [0.15, 0.2) is 0 Å². The van der Waals surface area contributed by atoms with Gasteiger partial charge in [0.25, 0.3) is 0 Å². The molecular formula is C21H25ClN2O3S. The first-order valence-electron chi connectivity index (χ1n) is 9.12. The summed E-state index contributed by atoms with van der Waals surface area (Å²) < 4.78 is 26.4. The highest BCUT2D eigenvalue weighted by Crippen LogP contribution is 2.22. The van der Waals surface area contributed by atoms with E-state index in [9.17, 15) is 13.2 Å². The molecule has 0 saturated heterocycles. The minimum absolute atomic E-state index is 0.229. The fourth-order valence-electron chi connectivity index (χ4n) is 2.80. The van der Waals surface area contributed by atoms with Crippen LogP contribution in [0.4, 0.5) is 0 Å². The van der Waals surface area contributed by atoms with E-state index in [1.165, 1.54) is 10.4 Å². The predicted octanol–water partition coefficient (Wildman–Crippen LogP) is 4.26. The monoisotopic (exact) mass is 420 g/mol. The van der Waals surface area contributed by atoms with E-state index in [0.29, 0.717) is 18.1 Å². The normalized spacial score (nSPS) is 13.0. The third-order valence-electron chi connectivity index (χ3n) is 4.38. The Morgan fingerprint density at radius 1 is 1.11 bits per heavy atom. The average Bonchev–Trinajstić information content (AvgIpc) is 2.67. The van der Waals surface area contributed by atoms with Crippen LogP contribution in [0.15, 0.2) is 59.5 Å². The van der Waals surface area contributed by atoms with Crippen molar-refractivity contribution in [2.24, 2.45) is 0 Å². The van der Waals surface area contributed by atoms with Crippen molar-refractivity contribution >= 4 is 33.6 Å². The second-order valence-electron chi connectivity index (χ2n) is 6.24. The van der Waals surface area contributed by atoms with Gasteiger partial charge in [0, 0.05) is 24.2 Å². The molecule has 1 N–H and O–H groups in total. The van der Waals surface area contributed by atoms with E-state index in [4.69, 9.17) is 11.6 Å². The van der Waals surface area contributed by atoms with Gasteiger partial charge in [-0.05, 0) is 42.3 Å². The molecule has 0 aliphatic carbocycles. The van der Waals surface area contributed by atoms with Crippen molar-refractivity contribution in [2.75, 3.05) is 13.1 Å². The highest BCUT2D eigenvalue weighted by molar-refractivity contribution is 7.89.